The van der Waals surface area contributed by atoms with E-state index in [1.165, 1.54) is 38.5 Å². The fourth-order valence-electron chi connectivity index (χ4n) is 2.41. The fourth-order valence-corrected chi connectivity index (χ4v) is 2.41. The van der Waals surface area contributed by atoms with Crippen molar-refractivity contribution in [3.05, 3.63) is 0 Å². The predicted octanol–water partition coefficient (Wildman–Crippen LogP) is 3.77. The minimum atomic E-state index is -0.179. The van der Waals surface area contributed by atoms with Gasteiger partial charge in [0.25, 0.3) is 0 Å². The minimum absolute atomic E-state index is 0.179. The summed E-state index contributed by atoms with van der Waals surface area (Å²) in [5.41, 5.74) is 0. The Balaban J connectivity index is 2.20. The number of hydrogen-bond acceptors (Lipinski definition) is 4. The molecule has 4 nitrogen and oxygen atoms in total. The first kappa shape index (κ1) is 17.0. The van der Waals surface area contributed by atoms with Gasteiger partial charge in [0, 0.05) is 12.8 Å². The Morgan fingerprint density at radius 1 is 0.500 bits per heavy atom. The first-order valence-electron chi connectivity index (χ1n) is 8.10. The molecular weight excluding hydrogens is 256 g/mol. The van der Waals surface area contributed by atoms with E-state index in [4.69, 9.17) is 9.47 Å². The van der Waals surface area contributed by atoms with Crippen molar-refractivity contribution < 1.29 is 19.1 Å². The summed E-state index contributed by atoms with van der Waals surface area (Å²) in [5, 5.41) is 0. The van der Waals surface area contributed by atoms with Crippen molar-refractivity contribution in [3.63, 3.8) is 0 Å². The Bertz CT molecular complexity index is 248. The summed E-state index contributed by atoms with van der Waals surface area (Å²) in [4.78, 5) is 22.8. The van der Waals surface area contributed by atoms with Gasteiger partial charge in [-0.05, 0) is 12.8 Å². The zero-order valence-electron chi connectivity index (χ0n) is 12.5. The third kappa shape index (κ3) is 9.82. The molecule has 0 saturated carbocycles. The number of rotatable bonds is 0. The molecule has 1 saturated heterocycles. The molecule has 1 rings (SSSR count). The lowest BCUT2D eigenvalue weighted by molar-refractivity contribution is -0.152. The van der Waals surface area contributed by atoms with E-state index in [9.17, 15) is 9.59 Å². The molecule has 1 aliphatic heterocycles. The van der Waals surface area contributed by atoms with Gasteiger partial charge >= 0.3 is 11.9 Å². The Labute approximate surface area is 122 Å². The van der Waals surface area contributed by atoms with Gasteiger partial charge in [-0.3, -0.25) is 9.59 Å². The number of carbonyl (C=O) groups excluding carboxylic acids is 2. The largest absolute Gasteiger partial charge is 0.462 e. The van der Waals surface area contributed by atoms with E-state index in [0.29, 0.717) is 12.8 Å². The zero-order chi connectivity index (χ0) is 14.5. The van der Waals surface area contributed by atoms with Crippen molar-refractivity contribution in [1.29, 1.82) is 0 Å². The molecule has 0 aromatic rings. The van der Waals surface area contributed by atoms with Crippen molar-refractivity contribution >= 4 is 11.9 Å². The maximum Gasteiger partial charge on any atom is 0.305 e. The molecule has 1 aliphatic rings. The second kappa shape index (κ2) is 11.7. The summed E-state index contributed by atoms with van der Waals surface area (Å²) >= 11 is 0. The van der Waals surface area contributed by atoms with Crippen LogP contribution in [0.25, 0.3) is 0 Å². The van der Waals surface area contributed by atoms with Crippen LogP contribution in [-0.2, 0) is 19.1 Å². The monoisotopic (exact) mass is 284 g/mol. The number of esters is 2. The third-order valence-electron chi connectivity index (χ3n) is 3.62. The fraction of sp³-hybridized carbons (Fsp3) is 0.875. The van der Waals surface area contributed by atoms with Crippen LogP contribution in [0.1, 0.15) is 77.0 Å². The van der Waals surface area contributed by atoms with Crippen LogP contribution in [0.4, 0.5) is 0 Å². The third-order valence-corrected chi connectivity index (χ3v) is 3.62. The number of hydrogen-bond donors (Lipinski definition) is 0. The average molecular weight is 284 g/mol. The topological polar surface area (TPSA) is 52.6 Å². The van der Waals surface area contributed by atoms with E-state index in [1.54, 1.807) is 0 Å². The zero-order valence-corrected chi connectivity index (χ0v) is 12.5. The molecule has 0 bridgehead atoms. The molecule has 4 heteroatoms. The predicted molar refractivity (Wildman–Crippen MR) is 77.3 cm³/mol. The minimum Gasteiger partial charge on any atom is -0.462 e. The van der Waals surface area contributed by atoms with Gasteiger partial charge in [0.15, 0.2) is 0 Å². The molecular formula is C16H28O4. The maximum absolute atomic E-state index is 11.4. The van der Waals surface area contributed by atoms with Crippen molar-refractivity contribution in [2.45, 2.75) is 77.0 Å². The van der Waals surface area contributed by atoms with Gasteiger partial charge < -0.3 is 9.47 Å². The molecule has 1 heterocycles. The van der Waals surface area contributed by atoms with E-state index in [-0.39, 0.29) is 25.2 Å². The van der Waals surface area contributed by atoms with Crippen LogP contribution in [0.5, 0.6) is 0 Å². The first-order valence-corrected chi connectivity index (χ1v) is 8.10. The summed E-state index contributed by atoms with van der Waals surface area (Å²) in [5.74, 6) is -0.357. The van der Waals surface area contributed by atoms with E-state index < -0.39 is 0 Å². The SMILES string of the molecule is O=C1CCCCCCCCCCCCC(=O)OCCO1. The summed E-state index contributed by atoms with van der Waals surface area (Å²) in [7, 11) is 0. The molecule has 0 aliphatic carbocycles. The molecule has 0 radical (unpaired) electrons. The van der Waals surface area contributed by atoms with Gasteiger partial charge in [-0.1, -0.05) is 51.4 Å². The number of carbonyl (C=O) groups is 2. The van der Waals surface area contributed by atoms with Gasteiger partial charge in [0.1, 0.15) is 13.2 Å². The molecule has 0 unspecified atom stereocenters. The van der Waals surface area contributed by atoms with Crippen molar-refractivity contribution in [1.82, 2.24) is 0 Å². The van der Waals surface area contributed by atoms with Crippen LogP contribution in [0, 0.1) is 0 Å². The van der Waals surface area contributed by atoms with Crippen LogP contribution >= 0.6 is 0 Å². The molecule has 0 atom stereocenters. The van der Waals surface area contributed by atoms with Gasteiger partial charge in [-0.25, -0.2) is 0 Å². The summed E-state index contributed by atoms with van der Waals surface area (Å²) in [6, 6.07) is 0. The van der Waals surface area contributed by atoms with E-state index in [1.807, 2.05) is 0 Å². The average Bonchev–Trinajstić information content (AvgIpc) is 2.44. The lowest BCUT2D eigenvalue weighted by Crippen LogP contribution is -2.13. The Hall–Kier alpha value is -1.06. The molecule has 1 fully saturated rings. The molecule has 20 heavy (non-hydrogen) atoms. The van der Waals surface area contributed by atoms with E-state index in [0.717, 1.165) is 25.7 Å². The highest BCUT2D eigenvalue weighted by Gasteiger charge is 2.06. The molecule has 116 valence electrons. The molecule has 0 aromatic heterocycles. The number of ether oxygens (including phenoxy) is 2. The van der Waals surface area contributed by atoms with E-state index in [2.05, 4.69) is 0 Å². The van der Waals surface area contributed by atoms with E-state index >= 15 is 0 Å². The van der Waals surface area contributed by atoms with Gasteiger partial charge in [-0.15, -0.1) is 0 Å². The second-order valence-corrected chi connectivity index (χ2v) is 5.48. The van der Waals surface area contributed by atoms with Crippen molar-refractivity contribution in [2.75, 3.05) is 13.2 Å². The highest BCUT2D eigenvalue weighted by molar-refractivity contribution is 5.70. The van der Waals surface area contributed by atoms with Gasteiger partial charge in [-0.2, -0.15) is 0 Å². The lowest BCUT2D eigenvalue weighted by atomic mass is 10.1. The molecule has 0 spiro atoms. The summed E-state index contributed by atoms with van der Waals surface area (Å²) in [6.07, 6.45) is 12.5. The second-order valence-electron chi connectivity index (χ2n) is 5.48. The number of cyclic esters (lactones) is 2. The lowest BCUT2D eigenvalue weighted by Gasteiger charge is -2.07. The quantitative estimate of drug-likeness (QED) is 0.635. The normalized spacial score (nSPS) is 22.2. The smallest absolute Gasteiger partial charge is 0.305 e. The van der Waals surface area contributed by atoms with Gasteiger partial charge in [0.2, 0.25) is 0 Å². The van der Waals surface area contributed by atoms with Crippen molar-refractivity contribution in [3.8, 4) is 0 Å². The Morgan fingerprint density at radius 2 is 0.800 bits per heavy atom. The van der Waals surface area contributed by atoms with Crippen LogP contribution in [0.3, 0.4) is 0 Å². The highest BCUT2D eigenvalue weighted by Crippen LogP contribution is 2.12. The molecule has 0 N–H and O–H groups in total. The Morgan fingerprint density at radius 3 is 1.15 bits per heavy atom. The van der Waals surface area contributed by atoms with Crippen LogP contribution in [0.2, 0.25) is 0 Å². The summed E-state index contributed by atoms with van der Waals surface area (Å²) in [6.45, 7) is 0.370. The standard InChI is InChI=1S/C16H28O4/c17-15-11-9-7-5-3-1-2-4-6-8-10-12-16(18)20-14-13-19-15/h1-14H2. The first-order chi connectivity index (χ1) is 9.79. The van der Waals surface area contributed by atoms with Crippen LogP contribution < -0.4 is 0 Å². The maximum atomic E-state index is 11.4. The Kier molecular flexibility index (Phi) is 9.98. The molecule has 0 aromatic carbocycles. The van der Waals surface area contributed by atoms with Crippen molar-refractivity contribution in [2.24, 2.45) is 0 Å². The van der Waals surface area contributed by atoms with Gasteiger partial charge in [0.05, 0.1) is 0 Å². The summed E-state index contributed by atoms with van der Waals surface area (Å²) < 4.78 is 10.0. The van der Waals surface area contributed by atoms with Crippen LogP contribution in [0.15, 0.2) is 0 Å². The molecule has 0 amide bonds. The highest BCUT2D eigenvalue weighted by atomic mass is 16.6. The van der Waals surface area contributed by atoms with Crippen LogP contribution in [-0.4, -0.2) is 25.2 Å².